The Balaban J connectivity index is 2.15. The quantitative estimate of drug-likeness (QED) is 0.137. The topological polar surface area (TPSA) is 128 Å². The van der Waals surface area contributed by atoms with Gasteiger partial charge in [-0.15, -0.1) is 0 Å². The second-order valence-electron chi connectivity index (χ2n) is 5.73. The van der Waals surface area contributed by atoms with Crippen LogP contribution in [0.25, 0.3) is 10.4 Å². The number of sulfone groups is 1. The molecule has 0 atom stereocenters. The fourth-order valence-corrected chi connectivity index (χ4v) is 2.98. The van der Waals surface area contributed by atoms with Crippen molar-refractivity contribution in [1.82, 2.24) is 0 Å². The molecule has 0 N–H and O–H groups in total. The van der Waals surface area contributed by atoms with Crippen molar-refractivity contribution >= 4 is 27.2 Å². The predicted octanol–water partition coefficient (Wildman–Crippen LogP) is 3.07. The van der Waals surface area contributed by atoms with E-state index in [4.69, 9.17) is 31.3 Å². The van der Waals surface area contributed by atoms with Crippen LogP contribution in [0.3, 0.4) is 0 Å². The Morgan fingerprint density at radius 3 is 2.32 bits per heavy atom. The second-order valence-corrected chi connectivity index (χ2v) is 8.16. The third-order valence-corrected chi connectivity index (χ3v) is 4.94. The SMILES string of the molecule is CS(=O)(=O)c1ccc(Cl)c(C(=O)CCCOCCOCCOCCN=[N+]=[N-])c1. The lowest BCUT2D eigenvalue weighted by atomic mass is 10.1. The molecule has 1 aromatic rings. The lowest BCUT2D eigenvalue weighted by Gasteiger charge is -2.08. The van der Waals surface area contributed by atoms with E-state index in [-0.39, 0.29) is 27.7 Å². The molecule has 0 unspecified atom stereocenters. The number of ether oxygens (including phenoxy) is 3. The average Bonchev–Trinajstić information content (AvgIpc) is 2.64. The molecule has 0 aliphatic rings. The number of rotatable bonds is 15. The third kappa shape index (κ3) is 10.0. The molecule has 0 aliphatic heterocycles. The first-order valence-corrected chi connectivity index (χ1v) is 10.9. The zero-order chi connectivity index (χ0) is 20.8. The van der Waals surface area contributed by atoms with Crippen molar-refractivity contribution in [1.29, 1.82) is 0 Å². The van der Waals surface area contributed by atoms with Crippen molar-refractivity contribution in [3.8, 4) is 0 Å². The summed E-state index contributed by atoms with van der Waals surface area (Å²) in [6.07, 6.45) is 1.77. The van der Waals surface area contributed by atoms with E-state index in [0.717, 1.165) is 6.26 Å². The number of azide groups is 1. The zero-order valence-corrected chi connectivity index (χ0v) is 17.2. The largest absolute Gasteiger partial charge is 0.379 e. The summed E-state index contributed by atoms with van der Waals surface area (Å²) in [6.45, 7) is 2.63. The van der Waals surface area contributed by atoms with E-state index in [1.165, 1.54) is 18.2 Å². The van der Waals surface area contributed by atoms with Crippen LogP contribution in [0.15, 0.2) is 28.2 Å². The van der Waals surface area contributed by atoms with Gasteiger partial charge in [-0.3, -0.25) is 4.79 Å². The fourth-order valence-electron chi connectivity index (χ4n) is 2.11. The molecule has 9 nitrogen and oxygen atoms in total. The molecule has 28 heavy (non-hydrogen) atoms. The van der Waals surface area contributed by atoms with Gasteiger partial charge in [0.1, 0.15) is 0 Å². The monoisotopic (exact) mass is 433 g/mol. The number of Topliss-reactive ketones (excluding diaryl/α,β-unsaturated/α-hetero) is 1. The zero-order valence-electron chi connectivity index (χ0n) is 15.7. The molecule has 0 aromatic heterocycles. The van der Waals surface area contributed by atoms with Crippen molar-refractivity contribution in [3.63, 3.8) is 0 Å². The molecule has 0 saturated heterocycles. The number of benzene rings is 1. The third-order valence-electron chi connectivity index (χ3n) is 3.50. The first-order valence-electron chi connectivity index (χ1n) is 8.63. The maximum atomic E-state index is 12.2. The van der Waals surface area contributed by atoms with Crippen LogP contribution in [0.1, 0.15) is 23.2 Å². The normalized spacial score (nSPS) is 11.2. The first kappa shape index (κ1) is 24.4. The van der Waals surface area contributed by atoms with E-state index >= 15 is 0 Å². The fraction of sp³-hybridized carbons (Fsp3) is 0.588. The minimum absolute atomic E-state index is 0.0652. The predicted molar refractivity (Wildman–Crippen MR) is 105 cm³/mol. The maximum Gasteiger partial charge on any atom is 0.175 e. The van der Waals surface area contributed by atoms with Crippen molar-refractivity contribution in [2.45, 2.75) is 17.7 Å². The summed E-state index contributed by atoms with van der Waals surface area (Å²) in [4.78, 5) is 14.9. The van der Waals surface area contributed by atoms with Gasteiger partial charge >= 0.3 is 0 Å². The highest BCUT2D eigenvalue weighted by atomic mass is 35.5. The standard InChI is InChI=1S/C17H24ClN3O6S/c1-28(23,24)14-4-5-16(18)15(13-14)17(22)3-2-7-25-9-11-27-12-10-26-8-6-20-21-19/h4-5,13H,2-3,6-12H2,1H3. The Bertz CT molecular complexity index is 781. The van der Waals surface area contributed by atoms with E-state index in [0.29, 0.717) is 52.6 Å². The molecule has 1 aromatic carbocycles. The second kappa shape index (κ2) is 13.5. The van der Waals surface area contributed by atoms with Gasteiger partial charge in [-0.25, -0.2) is 8.42 Å². The highest BCUT2D eigenvalue weighted by Crippen LogP contribution is 2.22. The molecular formula is C17H24ClN3O6S. The number of carbonyl (C=O) groups is 1. The molecule has 1 rings (SSSR count). The van der Waals surface area contributed by atoms with Gasteiger partial charge < -0.3 is 14.2 Å². The summed E-state index contributed by atoms with van der Waals surface area (Å²) in [5, 5.41) is 3.57. The van der Waals surface area contributed by atoms with Gasteiger partial charge in [0.2, 0.25) is 0 Å². The number of hydrogen-bond donors (Lipinski definition) is 0. The van der Waals surface area contributed by atoms with E-state index in [1.807, 2.05) is 0 Å². The Kier molecular flexibility index (Phi) is 11.7. The van der Waals surface area contributed by atoms with Crippen LogP contribution >= 0.6 is 11.6 Å². The summed E-state index contributed by atoms with van der Waals surface area (Å²) in [7, 11) is -3.40. The molecular weight excluding hydrogens is 410 g/mol. The van der Waals surface area contributed by atoms with Crippen LogP contribution in [0.2, 0.25) is 5.02 Å². The van der Waals surface area contributed by atoms with Crippen LogP contribution in [-0.2, 0) is 24.0 Å². The van der Waals surface area contributed by atoms with Crippen LogP contribution < -0.4 is 0 Å². The number of nitrogens with zero attached hydrogens (tertiary/aromatic N) is 3. The Labute approximate surface area is 169 Å². The number of hydrogen-bond acceptors (Lipinski definition) is 7. The van der Waals surface area contributed by atoms with Gasteiger partial charge in [-0.05, 0) is 30.2 Å². The summed E-state index contributed by atoms with van der Waals surface area (Å²) < 4.78 is 39.0. The van der Waals surface area contributed by atoms with Gasteiger partial charge in [0.25, 0.3) is 0 Å². The van der Waals surface area contributed by atoms with Crippen molar-refractivity contribution in [3.05, 3.63) is 39.2 Å². The van der Waals surface area contributed by atoms with E-state index in [9.17, 15) is 13.2 Å². The smallest absolute Gasteiger partial charge is 0.175 e. The summed E-state index contributed by atoms with van der Waals surface area (Å²) >= 11 is 6.00. The maximum absolute atomic E-state index is 12.2. The summed E-state index contributed by atoms with van der Waals surface area (Å²) in [5.41, 5.74) is 8.29. The lowest BCUT2D eigenvalue weighted by molar-refractivity contribution is 0.0154. The van der Waals surface area contributed by atoms with Crippen LogP contribution in [0.5, 0.6) is 0 Å². The van der Waals surface area contributed by atoms with Gasteiger partial charge in [0, 0.05) is 36.3 Å². The first-order chi connectivity index (χ1) is 13.4. The molecule has 0 radical (unpaired) electrons. The molecule has 0 amide bonds. The van der Waals surface area contributed by atoms with Gasteiger partial charge in [0.15, 0.2) is 15.6 Å². The highest BCUT2D eigenvalue weighted by molar-refractivity contribution is 7.90. The molecule has 156 valence electrons. The average molecular weight is 434 g/mol. The molecule has 0 fully saturated rings. The van der Waals surface area contributed by atoms with Crippen molar-refractivity contribution in [2.24, 2.45) is 5.11 Å². The van der Waals surface area contributed by atoms with Gasteiger partial charge in [0.05, 0.1) is 43.0 Å². The molecule has 0 heterocycles. The summed E-state index contributed by atoms with van der Waals surface area (Å²) in [5.74, 6) is -0.228. The number of ketones is 1. The summed E-state index contributed by atoms with van der Waals surface area (Å²) in [6, 6.07) is 4.10. The van der Waals surface area contributed by atoms with Gasteiger partial charge in [-0.1, -0.05) is 16.7 Å². The molecule has 11 heteroatoms. The molecule has 0 spiro atoms. The van der Waals surface area contributed by atoms with E-state index in [2.05, 4.69) is 10.0 Å². The molecule has 0 aliphatic carbocycles. The Morgan fingerprint density at radius 2 is 1.71 bits per heavy atom. The Morgan fingerprint density at radius 1 is 1.11 bits per heavy atom. The highest BCUT2D eigenvalue weighted by Gasteiger charge is 2.15. The van der Waals surface area contributed by atoms with E-state index in [1.54, 1.807) is 0 Å². The lowest BCUT2D eigenvalue weighted by Crippen LogP contribution is -2.11. The van der Waals surface area contributed by atoms with E-state index < -0.39 is 9.84 Å². The van der Waals surface area contributed by atoms with Crippen molar-refractivity contribution < 1.29 is 27.4 Å². The minimum atomic E-state index is -3.40. The van der Waals surface area contributed by atoms with Crippen molar-refractivity contribution in [2.75, 3.05) is 52.4 Å². The van der Waals surface area contributed by atoms with Gasteiger partial charge in [-0.2, -0.15) is 0 Å². The van der Waals surface area contributed by atoms with Crippen LogP contribution in [0.4, 0.5) is 0 Å². The van der Waals surface area contributed by atoms with Crippen LogP contribution in [0, 0.1) is 0 Å². The molecule has 0 bridgehead atoms. The number of halogens is 1. The molecule has 0 saturated carbocycles. The van der Waals surface area contributed by atoms with Crippen LogP contribution in [-0.4, -0.2) is 66.6 Å². The minimum Gasteiger partial charge on any atom is -0.379 e. The number of carbonyl (C=O) groups excluding carboxylic acids is 1. The Hall–Kier alpha value is -1.68.